The molecular formula is C39H72O5Si2. The first kappa shape index (κ1) is 41.4. The molecule has 0 N–H and O–H groups in total. The Hall–Kier alpha value is -0.756. The summed E-state index contributed by atoms with van der Waals surface area (Å²) < 4.78 is 25.3. The highest BCUT2D eigenvalue weighted by atomic mass is 28.4. The molecule has 0 heterocycles. The maximum Gasteiger partial charge on any atom is 0.192 e. The number of carbonyl (C=O) groups excluding carboxylic acids is 1. The largest absolute Gasteiger partial charge is 0.412 e. The van der Waals surface area contributed by atoms with E-state index in [1.807, 2.05) is 13.8 Å². The van der Waals surface area contributed by atoms with Crippen LogP contribution >= 0.6 is 0 Å². The van der Waals surface area contributed by atoms with Crippen molar-refractivity contribution in [1.82, 2.24) is 0 Å². The van der Waals surface area contributed by atoms with Gasteiger partial charge < -0.3 is 18.3 Å². The van der Waals surface area contributed by atoms with Crippen LogP contribution in [-0.4, -0.2) is 54.1 Å². The molecule has 2 fully saturated rings. The van der Waals surface area contributed by atoms with Gasteiger partial charge in [0.05, 0.1) is 18.1 Å². The van der Waals surface area contributed by atoms with Gasteiger partial charge in [-0.1, -0.05) is 79.4 Å². The second-order valence-electron chi connectivity index (χ2n) is 17.2. The Bertz CT molecular complexity index is 1020. The summed E-state index contributed by atoms with van der Waals surface area (Å²) in [5.74, 6) is 7.48. The molecule has 0 aromatic heterocycles. The maximum absolute atomic E-state index is 13.5. The number of Topliss-reactive ketones (excluding diaryl/α,β-unsaturated/α-hetero) is 1. The van der Waals surface area contributed by atoms with Crippen LogP contribution in [-0.2, 0) is 23.1 Å². The Morgan fingerprint density at radius 3 is 2.15 bits per heavy atom. The zero-order valence-corrected chi connectivity index (χ0v) is 34.3. The minimum Gasteiger partial charge on any atom is -0.412 e. The van der Waals surface area contributed by atoms with Crippen molar-refractivity contribution >= 4 is 22.4 Å². The summed E-state index contributed by atoms with van der Waals surface area (Å²) in [6.45, 7) is 30.8. The lowest BCUT2D eigenvalue weighted by molar-refractivity contribution is -0.127. The average molecular weight is 677 g/mol. The lowest BCUT2D eigenvalue weighted by atomic mass is 9.62. The quantitative estimate of drug-likeness (QED) is 0.0475. The van der Waals surface area contributed by atoms with Gasteiger partial charge >= 0.3 is 0 Å². The molecule has 2 rings (SSSR count). The number of unbranched alkanes of at least 4 members (excludes halogenated alkanes) is 2. The maximum atomic E-state index is 13.5. The molecule has 0 aromatic rings. The van der Waals surface area contributed by atoms with E-state index in [9.17, 15) is 4.79 Å². The minimum atomic E-state index is -2.07. The summed E-state index contributed by atoms with van der Waals surface area (Å²) >= 11 is 0. The lowest BCUT2D eigenvalue weighted by Gasteiger charge is -2.51. The predicted molar refractivity (Wildman–Crippen MR) is 199 cm³/mol. The van der Waals surface area contributed by atoms with Crippen molar-refractivity contribution in [3.05, 3.63) is 12.2 Å². The SMILES string of the molecule is CCCC1(C(CC#C[C@@H]2[C@H](O[Si](C)(C)C(C)(C)C)CC(=O)[C@@H]2CC=CCCCCOC(C)OCC)O[Si](C)(C)C(C)(C)C)CCC1. The second-order valence-corrected chi connectivity index (χ2v) is 26.7. The molecule has 5 atom stereocenters. The molecule has 0 radical (unpaired) electrons. The van der Waals surface area contributed by atoms with Crippen LogP contribution in [0.5, 0.6) is 0 Å². The fourth-order valence-corrected chi connectivity index (χ4v) is 9.12. The Morgan fingerprint density at radius 1 is 0.957 bits per heavy atom. The zero-order valence-electron chi connectivity index (χ0n) is 32.3. The van der Waals surface area contributed by atoms with Gasteiger partial charge in [-0.2, -0.15) is 0 Å². The van der Waals surface area contributed by atoms with Crippen LogP contribution in [0, 0.1) is 29.1 Å². The van der Waals surface area contributed by atoms with E-state index < -0.39 is 16.6 Å². The van der Waals surface area contributed by atoms with Crippen molar-refractivity contribution in [2.24, 2.45) is 17.3 Å². The molecule has 0 bridgehead atoms. The molecule has 0 amide bonds. The van der Waals surface area contributed by atoms with Gasteiger partial charge in [0.15, 0.2) is 22.9 Å². The molecular weight excluding hydrogens is 605 g/mol. The number of hydrogen-bond donors (Lipinski definition) is 0. The predicted octanol–water partition coefficient (Wildman–Crippen LogP) is 10.9. The van der Waals surface area contributed by atoms with Gasteiger partial charge in [0, 0.05) is 32.0 Å². The van der Waals surface area contributed by atoms with Crippen molar-refractivity contribution in [2.75, 3.05) is 13.2 Å². The molecule has 7 heteroatoms. The Labute approximate surface area is 287 Å². The van der Waals surface area contributed by atoms with E-state index in [0.717, 1.165) is 32.1 Å². The van der Waals surface area contributed by atoms with Crippen LogP contribution < -0.4 is 0 Å². The summed E-state index contributed by atoms with van der Waals surface area (Å²) in [6.07, 6.45) is 15.5. The fourth-order valence-electron chi connectivity index (χ4n) is 6.38. The van der Waals surface area contributed by atoms with E-state index in [1.165, 1.54) is 32.1 Å². The molecule has 46 heavy (non-hydrogen) atoms. The molecule has 2 saturated carbocycles. The highest BCUT2D eigenvalue weighted by Crippen LogP contribution is 2.52. The molecule has 2 aliphatic carbocycles. The van der Waals surface area contributed by atoms with Gasteiger partial charge in [-0.3, -0.25) is 4.79 Å². The van der Waals surface area contributed by atoms with Crippen LogP contribution in [0.25, 0.3) is 0 Å². The van der Waals surface area contributed by atoms with Crippen molar-refractivity contribution in [2.45, 2.75) is 188 Å². The molecule has 0 saturated heterocycles. The van der Waals surface area contributed by atoms with Gasteiger partial charge in [0.1, 0.15) is 5.78 Å². The lowest BCUT2D eigenvalue weighted by Crippen LogP contribution is -2.51. The van der Waals surface area contributed by atoms with Crippen LogP contribution in [0.4, 0.5) is 0 Å². The van der Waals surface area contributed by atoms with E-state index in [0.29, 0.717) is 25.4 Å². The van der Waals surface area contributed by atoms with Crippen LogP contribution in [0.3, 0.4) is 0 Å². The van der Waals surface area contributed by atoms with Crippen LogP contribution in [0.2, 0.25) is 36.3 Å². The molecule has 5 nitrogen and oxygen atoms in total. The van der Waals surface area contributed by atoms with E-state index in [4.69, 9.17) is 18.3 Å². The Kier molecular flexibility index (Phi) is 16.0. The van der Waals surface area contributed by atoms with Gasteiger partial charge in [0.2, 0.25) is 0 Å². The van der Waals surface area contributed by atoms with Crippen molar-refractivity contribution in [3.63, 3.8) is 0 Å². The molecule has 266 valence electrons. The molecule has 2 unspecified atom stereocenters. The number of allylic oxidation sites excluding steroid dienone is 2. The van der Waals surface area contributed by atoms with Gasteiger partial charge in [-0.15, -0.1) is 5.92 Å². The van der Waals surface area contributed by atoms with Gasteiger partial charge in [-0.25, -0.2) is 0 Å². The molecule has 2 aliphatic rings. The first-order valence-corrected chi connectivity index (χ1v) is 24.4. The summed E-state index contributed by atoms with van der Waals surface area (Å²) in [5.41, 5.74) is 0.246. The topological polar surface area (TPSA) is 54.0 Å². The first-order chi connectivity index (χ1) is 21.3. The Morgan fingerprint density at radius 2 is 1.61 bits per heavy atom. The summed E-state index contributed by atoms with van der Waals surface area (Å²) in [6, 6.07) is 0. The highest BCUT2D eigenvalue weighted by molar-refractivity contribution is 6.74. The molecule has 0 spiro atoms. The second kappa shape index (κ2) is 17.8. The van der Waals surface area contributed by atoms with Crippen LogP contribution in [0.15, 0.2) is 12.2 Å². The third kappa shape index (κ3) is 11.7. The first-order valence-electron chi connectivity index (χ1n) is 18.5. The van der Waals surface area contributed by atoms with E-state index in [1.54, 1.807) is 0 Å². The summed E-state index contributed by atoms with van der Waals surface area (Å²) in [7, 11) is -4.04. The third-order valence-corrected chi connectivity index (χ3v) is 20.5. The van der Waals surface area contributed by atoms with Crippen LogP contribution in [0.1, 0.15) is 133 Å². The Balaban J connectivity index is 2.23. The number of rotatable bonds is 18. The monoisotopic (exact) mass is 676 g/mol. The fraction of sp³-hybridized carbons (Fsp3) is 0.872. The van der Waals surface area contributed by atoms with E-state index in [-0.39, 0.29) is 45.8 Å². The average Bonchev–Trinajstić information content (AvgIpc) is 3.18. The van der Waals surface area contributed by atoms with E-state index in [2.05, 4.69) is 98.6 Å². The number of hydrogen-bond acceptors (Lipinski definition) is 5. The standard InChI is InChI=1S/C39H72O5Si2/c1-14-26-39(27-22-28-39)36(44-46(12,13)38(7,8)9)25-21-24-33-32(23-19-17-16-18-20-29-42-31(3)41-15-2)34(40)30-35(33)43-45(10,11)37(4,5)6/h17,19,31-33,35-36H,14-16,18,20,22-23,25-30H2,1-13H3/t31?,32-,33+,35-,36?/m1/s1. The highest BCUT2D eigenvalue weighted by Gasteiger charge is 2.49. The molecule has 0 aliphatic heterocycles. The summed E-state index contributed by atoms with van der Waals surface area (Å²) in [4.78, 5) is 13.5. The van der Waals surface area contributed by atoms with Crippen molar-refractivity contribution in [3.8, 4) is 11.8 Å². The third-order valence-electron chi connectivity index (χ3n) is 11.6. The van der Waals surface area contributed by atoms with Gasteiger partial charge in [-0.05, 0) is 100 Å². The molecule has 0 aromatic carbocycles. The number of carbonyl (C=O) groups is 1. The number of ether oxygens (including phenoxy) is 2. The van der Waals surface area contributed by atoms with Crippen molar-refractivity contribution in [1.29, 1.82) is 0 Å². The number of ketones is 1. The zero-order chi connectivity index (χ0) is 34.8. The normalized spacial score (nSPS) is 23.7. The smallest absolute Gasteiger partial charge is 0.192 e. The van der Waals surface area contributed by atoms with Gasteiger partial charge in [0.25, 0.3) is 0 Å². The minimum absolute atomic E-state index is 0.0724. The summed E-state index contributed by atoms with van der Waals surface area (Å²) in [5, 5.41) is 0.233. The van der Waals surface area contributed by atoms with E-state index >= 15 is 0 Å². The van der Waals surface area contributed by atoms with Crippen molar-refractivity contribution < 1.29 is 23.1 Å².